The summed E-state index contributed by atoms with van der Waals surface area (Å²) in [7, 11) is 0. The fourth-order valence-corrected chi connectivity index (χ4v) is 7.65. The Bertz CT molecular complexity index is 2680. The highest BCUT2D eigenvalue weighted by atomic mass is 14.2. The third kappa shape index (κ3) is 5.18. The van der Waals surface area contributed by atoms with E-state index in [0.29, 0.717) is 0 Å². The molecule has 0 heterocycles. The van der Waals surface area contributed by atoms with Crippen molar-refractivity contribution in [2.24, 2.45) is 0 Å². The number of aryl methyl sites for hydroxylation is 2. The van der Waals surface area contributed by atoms with Crippen LogP contribution in [0.3, 0.4) is 0 Å². The molecule has 236 valence electrons. The van der Waals surface area contributed by atoms with Gasteiger partial charge in [0.25, 0.3) is 0 Å². The van der Waals surface area contributed by atoms with Crippen molar-refractivity contribution >= 4 is 32.3 Å². The molecule has 0 aliphatic rings. The summed E-state index contributed by atoms with van der Waals surface area (Å²) in [6.07, 6.45) is 0. The SMILES string of the molecule is Cc1ccc(-c2ccc3c(c2)c(-c2ccccc2)c(-c2ccccc2)c2cc(-c4cc5ccccc5cc4-c4ccccc4)ccc23)cc1C. The minimum Gasteiger partial charge on any atom is -0.0622 e. The second-order valence-electron chi connectivity index (χ2n) is 13.4. The van der Waals surface area contributed by atoms with Crippen LogP contribution in [0.2, 0.25) is 0 Å². The monoisotopic (exact) mass is 636 g/mol. The van der Waals surface area contributed by atoms with E-state index >= 15 is 0 Å². The lowest BCUT2D eigenvalue weighted by atomic mass is 9.82. The van der Waals surface area contributed by atoms with E-state index in [4.69, 9.17) is 0 Å². The lowest BCUT2D eigenvalue weighted by Crippen LogP contribution is -1.94. The molecule has 0 radical (unpaired) electrons. The Hall–Kier alpha value is -6.24. The maximum absolute atomic E-state index is 2.44. The molecule has 0 fully saturated rings. The van der Waals surface area contributed by atoms with Gasteiger partial charge in [0, 0.05) is 0 Å². The largest absolute Gasteiger partial charge is 0.0622 e. The Kier molecular flexibility index (Phi) is 7.37. The summed E-state index contributed by atoms with van der Waals surface area (Å²) in [4.78, 5) is 0. The summed E-state index contributed by atoms with van der Waals surface area (Å²) in [5.41, 5.74) is 15.0. The highest BCUT2D eigenvalue weighted by molar-refractivity contribution is 6.23. The van der Waals surface area contributed by atoms with E-state index in [1.54, 1.807) is 0 Å². The molecule has 0 aromatic heterocycles. The summed E-state index contributed by atoms with van der Waals surface area (Å²) >= 11 is 0. The van der Waals surface area contributed by atoms with Gasteiger partial charge in [-0.3, -0.25) is 0 Å². The lowest BCUT2D eigenvalue weighted by molar-refractivity contribution is 1.34. The van der Waals surface area contributed by atoms with Crippen LogP contribution in [0.5, 0.6) is 0 Å². The van der Waals surface area contributed by atoms with Gasteiger partial charge >= 0.3 is 0 Å². The van der Waals surface area contributed by atoms with E-state index in [-0.39, 0.29) is 0 Å². The molecule has 0 bridgehead atoms. The zero-order valence-corrected chi connectivity index (χ0v) is 28.3. The van der Waals surface area contributed by atoms with Crippen LogP contribution in [0.25, 0.3) is 88.0 Å². The van der Waals surface area contributed by atoms with Crippen molar-refractivity contribution in [3.05, 3.63) is 193 Å². The Morgan fingerprint density at radius 2 is 0.680 bits per heavy atom. The van der Waals surface area contributed by atoms with Crippen molar-refractivity contribution in [1.82, 2.24) is 0 Å². The van der Waals surface area contributed by atoms with E-state index in [0.717, 1.165) is 0 Å². The minimum atomic E-state index is 1.21. The van der Waals surface area contributed by atoms with Crippen molar-refractivity contribution in [3.63, 3.8) is 0 Å². The zero-order chi connectivity index (χ0) is 33.6. The molecular weight excluding hydrogens is 601 g/mol. The highest BCUT2D eigenvalue weighted by Crippen LogP contribution is 2.47. The van der Waals surface area contributed by atoms with Gasteiger partial charge in [0.2, 0.25) is 0 Å². The van der Waals surface area contributed by atoms with E-state index in [9.17, 15) is 0 Å². The molecule has 9 aromatic carbocycles. The van der Waals surface area contributed by atoms with Crippen molar-refractivity contribution in [1.29, 1.82) is 0 Å². The summed E-state index contributed by atoms with van der Waals surface area (Å²) in [5, 5.41) is 7.54. The molecule has 50 heavy (non-hydrogen) atoms. The van der Waals surface area contributed by atoms with E-state index in [1.165, 1.54) is 99.1 Å². The summed E-state index contributed by atoms with van der Waals surface area (Å²) < 4.78 is 0. The minimum absolute atomic E-state index is 1.21. The van der Waals surface area contributed by atoms with Crippen molar-refractivity contribution in [3.8, 4) is 55.6 Å². The molecule has 0 saturated heterocycles. The molecule has 0 amide bonds. The fraction of sp³-hybridized carbons (Fsp3) is 0.0400. The van der Waals surface area contributed by atoms with E-state index < -0.39 is 0 Å². The predicted octanol–water partition coefficient (Wildman–Crippen LogP) is 14.1. The maximum Gasteiger partial charge on any atom is -0.00201 e. The molecule has 9 aromatic rings. The average molecular weight is 637 g/mol. The quantitative estimate of drug-likeness (QED) is 0.165. The molecular formula is C50H36. The first kappa shape index (κ1) is 29.9. The predicted molar refractivity (Wildman–Crippen MR) is 216 cm³/mol. The smallest absolute Gasteiger partial charge is 0.00201 e. The van der Waals surface area contributed by atoms with Gasteiger partial charge in [-0.05, 0) is 137 Å². The number of hydrogen-bond donors (Lipinski definition) is 0. The zero-order valence-electron chi connectivity index (χ0n) is 28.3. The maximum atomic E-state index is 2.44. The van der Waals surface area contributed by atoms with Crippen LogP contribution in [0.15, 0.2) is 182 Å². The van der Waals surface area contributed by atoms with Crippen LogP contribution in [0.1, 0.15) is 11.1 Å². The van der Waals surface area contributed by atoms with Gasteiger partial charge in [0.1, 0.15) is 0 Å². The Balaban J connectivity index is 1.40. The molecule has 0 aliphatic heterocycles. The molecule has 0 atom stereocenters. The third-order valence-electron chi connectivity index (χ3n) is 10.4. The van der Waals surface area contributed by atoms with Crippen LogP contribution in [0, 0.1) is 13.8 Å². The second kappa shape index (κ2) is 12.3. The summed E-state index contributed by atoms with van der Waals surface area (Å²) in [6, 6.07) is 67.1. The highest BCUT2D eigenvalue weighted by Gasteiger charge is 2.20. The van der Waals surface area contributed by atoms with Crippen molar-refractivity contribution in [2.75, 3.05) is 0 Å². The van der Waals surface area contributed by atoms with Gasteiger partial charge in [-0.1, -0.05) is 158 Å². The standard InChI is InChI=1S/C50H36/c1-33-22-23-40(28-34(33)2)41-24-26-43-44-27-25-42(46-30-39-21-13-12-20-38(39)29-45(46)35-14-6-3-7-15-35)32-48(44)50(37-18-10-5-11-19-37)49(47(43)31-41)36-16-8-4-9-17-36/h3-32H,1-2H3. The lowest BCUT2D eigenvalue weighted by Gasteiger charge is -2.21. The molecule has 0 aliphatic carbocycles. The first-order valence-corrected chi connectivity index (χ1v) is 17.4. The second-order valence-corrected chi connectivity index (χ2v) is 13.4. The van der Waals surface area contributed by atoms with Crippen LogP contribution in [-0.4, -0.2) is 0 Å². The van der Waals surface area contributed by atoms with Gasteiger partial charge in [-0.15, -0.1) is 0 Å². The number of hydrogen-bond acceptors (Lipinski definition) is 0. The van der Waals surface area contributed by atoms with Crippen molar-refractivity contribution < 1.29 is 0 Å². The number of fused-ring (bicyclic) bond motifs is 4. The Labute approximate surface area is 293 Å². The molecule has 0 spiro atoms. The third-order valence-corrected chi connectivity index (χ3v) is 10.4. The van der Waals surface area contributed by atoms with Crippen LogP contribution in [-0.2, 0) is 0 Å². The topological polar surface area (TPSA) is 0 Å². The number of benzene rings is 9. The van der Waals surface area contributed by atoms with Crippen LogP contribution in [0.4, 0.5) is 0 Å². The molecule has 0 unspecified atom stereocenters. The van der Waals surface area contributed by atoms with E-state index in [2.05, 4.69) is 196 Å². The average Bonchev–Trinajstić information content (AvgIpc) is 3.18. The first-order valence-electron chi connectivity index (χ1n) is 17.4. The van der Waals surface area contributed by atoms with Gasteiger partial charge in [0.15, 0.2) is 0 Å². The van der Waals surface area contributed by atoms with E-state index in [1.807, 2.05) is 0 Å². The van der Waals surface area contributed by atoms with Gasteiger partial charge < -0.3 is 0 Å². The molecule has 0 nitrogen and oxygen atoms in total. The summed E-state index contributed by atoms with van der Waals surface area (Å²) in [5.74, 6) is 0. The molecule has 0 N–H and O–H groups in total. The molecule has 9 rings (SSSR count). The first-order chi connectivity index (χ1) is 24.6. The van der Waals surface area contributed by atoms with Gasteiger partial charge in [0.05, 0.1) is 0 Å². The number of rotatable bonds is 5. The fourth-order valence-electron chi connectivity index (χ4n) is 7.65. The molecule has 0 heteroatoms. The van der Waals surface area contributed by atoms with Crippen LogP contribution >= 0.6 is 0 Å². The molecule has 0 saturated carbocycles. The Morgan fingerprint density at radius 1 is 0.260 bits per heavy atom. The van der Waals surface area contributed by atoms with Gasteiger partial charge in [-0.25, -0.2) is 0 Å². The summed E-state index contributed by atoms with van der Waals surface area (Å²) in [6.45, 7) is 4.38. The van der Waals surface area contributed by atoms with Crippen molar-refractivity contribution in [2.45, 2.75) is 13.8 Å². The Morgan fingerprint density at radius 3 is 1.22 bits per heavy atom. The van der Waals surface area contributed by atoms with Gasteiger partial charge in [-0.2, -0.15) is 0 Å². The normalized spacial score (nSPS) is 11.4. The van der Waals surface area contributed by atoms with Crippen LogP contribution < -0.4 is 0 Å².